The molecule has 0 spiro atoms. The molecule has 0 radical (unpaired) electrons. The molecule has 0 aromatic carbocycles. The summed E-state index contributed by atoms with van der Waals surface area (Å²) >= 11 is 0. The van der Waals surface area contributed by atoms with E-state index in [0.29, 0.717) is 5.92 Å². The van der Waals surface area contributed by atoms with E-state index in [-0.39, 0.29) is 23.8 Å². The number of amides is 1. The fraction of sp³-hybridized carbons (Fsp3) is 0.929. The Labute approximate surface area is 110 Å². The summed E-state index contributed by atoms with van der Waals surface area (Å²) in [7, 11) is 0. The number of aliphatic hydroxyl groups excluding tert-OH is 2. The topological polar surface area (TPSA) is 69.6 Å². The number of nitrogens with one attached hydrogen (secondary N) is 1. The zero-order valence-corrected chi connectivity index (χ0v) is 11.9. The van der Waals surface area contributed by atoms with Crippen LogP contribution in [0.5, 0.6) is 0 Å². The largest absolute Gasteiger partial charge is 0.394 e. The maximum absolute atomic E-state index is 12.2. The van der Waals surface area contributed by atoms with E-state index in [1.165, 1.54) is 0 Å². The molecule has 4 atom stereocenters. The highest BCUT2D eigenvalue weighted by Gasteiger charge is 2.36. The van der Waals surface area contributed by atoms with Crippen molar-refractivity contribution in [3.63, 3.8) is 0 Å². The number of hydrogen-bond acceptors (Lipinski definition) is 3. The van der Waals surface area contributed by atoms with Crippen LogP contribution in [0.3, 0.4) is 0 Å². The SMILES string of the molecule is CC1CC(C(=O)N[C@H](CO)[C@@H](C)O)CC(C)(C)C1. The molecule has 106 valence electrons. The van der Waals surface area contributed by atoms with Crippen LogP contribution in [0.4, 0.5) is 0 Å². The summed E-state index contributed by atoms with van der Waals surface area (Å²) < 4.78 is 0. The van der Waals surface area contributed by atoms with Crippen LogP contribution >= 0.6 is 0 Å². The number of aliphatic hydroxyl groups is 2. The molecule has 1 saturated carbocycles. The van der Waals surface area contributed by atoms with Gasteiger partial charge in [-0.2, -0.15) is 0 Å². The van der Waals surface area contributed by atoms with E-state index in [9.17, 15) is 9.90 Å². The molecule has 2 unspecified atom stereocenters. The van der Waals surface area contributed by atoms with Crippen molar-refractivity contribution in [2.45, 2.75) is 59.1 Å². The zero-order chi connectivity index (χ0) is 13.9. The highest BCUT2D eigenvalue weighted by atomic mass is 16.3. The maximum Gasteiger partial charge on any atom is 0.223 e. The van der Waals surface area contributed by atoms with Gasteiger partial charge in [0.15, 0.2) is 0 Å². The average molecular weight is 257 g/mol. The zero-order valence-electron chi connectivity index (χ0n) is 11.9. The van der Waals surface area contributed by atoms with Gasteiger partial charge < -0.3 is 15.5 Å². The molecule has 0 aromatic rings. The third-order valence-electron chi connectivity index (χ3n) is 3.86. The van der Waals surface area contributed by atoms with E-state index in [1.54, 1.807) is 6.92 Å². The molecule has 1 rings (SSSR count). The summed E-state index contributed by atoms with van der Waals surface area (Å²) in [6.45, 7) is 7.92. The molecule has 3 N–H and O–H groups in total. The molecule has 18 heavy (non-hydrogen) atoms. The molecule has 0 saturated heterocycles. The fourth-order valence-corrected chi connectivity index (χ4v) is 3.17. The van der Waals surface area contributed by atoms with Gasteiger partial charge in [0.1, 0.15) is 0 Å². The van der Waals surface area contributed by atoms with E-state index in [4.69, 9.17) is 5.11 Å². The molecule has 0 bridgehead atoms. The second-order valence-corrected chi connectivity index (χ2v) is 6.65. The molecule has 0 aromatic heterocycles. The first-order chi connectivity index (χ1) is 8.25. The van der Waals surface area contributed by atoms with Crippen molar-refractivity contribution >= 4 is 5.91 Å². The maximum atomic E-state index is 12.2. The Balaban J connectivity index is 2.61. The van der Waals surface area contributed by atoms with Crippen molar-refractivity contribution in [3.8, 4) is 0 Å². The Bertz CT molecular complexity index is 289. The molecule has 1 aliphatic carbocycles. The van der Waals surface area contributed by atoms with Gasteiger partial charge in [-0.1, -0.05) is 20.8 Å². The monoisotopic (exact) mass is 257 g/mol. The van der Waals surface area contributed by atoms with Crippen molar-refractivity contribution in [2.75, 3.05) is 6.61 Å². The van der Waals surface area contributed by atoms with Crippen molar-refractivity contribution < 1.29 is 15.0 Å². The lowest BCUT2D eigenvalue weighted by molar-refractivity contribution is -0.130. The predicted octanol–water partition coefficient (Wildman–Crippen LogP) is 1.31. The minimum absolute atomic E-state index is 0.00319. The van der Waals surface area contributed by atoms with Gasteiger partial charge in [-0.15, -0.1) is 0 Å². The van der Waals surface area contributed by atoms with Crippen molar-refractivity contribution in [1.82, 2.24) is 5.32 Å². The van der Waals surface area contributed by atoms with E-state index >= 15 is 0 Å². The Morgan fingerprint density at radius 2 is 2.06 bits per heavy atom. The van der Waals surface area contributed by atoms with Crippen molar-refractivity contribution in [1.29, 1.82) is 0 Å². The number of rotatable bonds is 4. The summed E-state index contributed by atoms with van der Waals surface area (Å²) in [5.41, 5.74) is 0.194. The summed E-state index contributed by atoms with van der Waals surface area (Å²) in [6, 6.07) is -0.558. The predicted molar refractivity (Wildman–Crippen MR) is 71.0 cm³/mol. The molecule has 1 fully saturated rings. The molecule has 0 aliphatic heterocycles. The van der Waals surface area contributed by atoms with Crippen LogP contribution in [0.15, 0.2) is 0 Å². The average Bonchev–Trinajstić information content (AvgIpc) is 2.22. The van der Waals surface area contributed by atoms with Crippen molar-refractivity contribution in [2.24, 2.45) is 17.3 Å². The van der Waals surface area contributed by atoms with Crippen molar-refractivity contribution in [3.05, 3.63) is 0 Å². The van der Waals surface area contributed by atoms with E-state index < -0.39 is 12.1 Å². The van der Waals surface area contributed by atoms with Gasteiger partial charge in [0.05, 0.1) is 18.8 Å². The van der Waals surface area contributed by atoms with Crippen LogP contribution in [0, 0.1) is 17.3 Å². The van der Waals surface area contributed by atoms with Gasteiger partial charge in [0.25, 0.3) is 0 Å². The van der Waals surface area contributed by atoms with Gasteiger partial charge >= 0.3 is 0 Å². The molecular weight excluding hydrogens is 230 g/mol. The Morgan fingerprint density at radius 1 is 1.44 bits per heavy atom. The van der Waals surface area contributed by atoms with Gasteiger partial charge in [0, 0.05) is 5.92 Å². The molecule has 1 aliphatic rings. The number of hydrogen-bond donors (Lipinski definition) is 3. The fourth-order valence-electron chi connectivity index (χ4n) is 3.17. The van der Waals surface area contributed by atoms with E-state index in [1.807, 2.05) is 0 Å². The summed E-state index contributed by atoms with van der Waals surface area (Å²) in [6.07, 6.45) is 2.19. The Morgan fingerprint density at radius 3 is 2.50 bits per heavy atom. The first-order valence-electron chi connectivity index (χ1n) is 6.84. The molecule has 0 heterocycles. The first kappa shape index (κ1) is 15.4. The van der Waals surface area contributed by atoms with Gasteiger partial charge in [-0.05, 0) is 37.5 Å². The number of carbonyl (C=O) groups is 1. The quantitative estimate of drug-likeness (QED) is 0.711. The van der Waals surface area contributed by atoms with Crippen LogP contribution in [0.25, 0.3) is 0 Å². The smallest absolute Gasteiger partial charge is 0.223 e. The molecule has 4 nitrogen and oxygen atoms in total. The second kappa shape index (κ2) is 6.02. The lowest BCUT2D eigenvalue weighted by Crippen LogP contribution is -2.48. The standard InChI is InChI=1S/C14H27NO3/c1-9-5-11(7-14(3,4)6-9)13(18)15-12(8-16)10(2)17/h9-12,16-17H,5-8H2,1-4H3,(H,15,18)/t9?,10-,11?,12-/m1/s1. The van der Waals surface area contributed by atoms with E-state index in [0.717, 1.165) is 19.3 Å². The Hall–Kier alpha value is -0.610. The minimum Gasteiger partial charge on any atom is -0.394 e. The number of carbonyl (C=O) groups excluding carboxylic acids is 1. The van der Waals surface area contributed by atoms with E-state index in [2.05, 4.69) is 26.1 Å². The lowest BCUT2D eigenvalue weighted by atomic mass is 9.68. The lowest BCUT2D eigenvalue weighted by Gasteiger charge is -2.38. The van der Waals surface area contributed by atoms with Crippen LogP contribution in [0.2, 0.25) is 0 Å². The van der Waals surface area contributed by atoms with Crippen LogP contribution in [-0.2, 0) is 4.79 Å². The highest BCUT2D eigenvalue weighted by molar-refractivity contribution is 5.79. The summed E-state index contributed by atoms with van der Waals surface area (Å²) in [5, 5.41) is 21.3. The molecule has 4 heteroatoms. The van der Waals surface area contributed by atoms with Crippen LogP contribution < -0.4 is 5.32 Å². The van der Waals surface area contributed by atoms with Crippen LogP contribution in [-0.4, -0.2) is 34.9 Å². The van der Waals surface area contributed by atoms with Crippen LogP contribution in [0.1, 0.15) is 47.0 Å². The third kappa shape index (κ3) is 4.25. The molecule has 1 amide bonds. The van der Waals surface area contributed by atoms with Gasteiger partial charge in [-0.25, -0.2) is 0 Å². The summed E-state index contributed by atoms with van der Waals surface area (Å²) in [5.74, 6) is 0.509. The summed E-state index contributed by atoms with van der Waals surface area (Å²) in [4.78, 5) is 12.2. The normalized spacial score (nSPS) is 30.6. The Kier molecular flexibility index (Phi) is 5.17. The van der Waals surface area contributed by atoms with Gasteiger partial charge in [-0.3, -0.25) is 4.79 Å². The molecular formula is C14H27NO3. The van der Waals surface area contributed by atoms with Gasteiger partial charge in [0.2, 0.25) is 5.91 Å². The second-order valence-electron chi connectivity index (χ2n) is 6.65. The highest BCUT2D eigenvalue weighted by Crippen LogP contribution is 2.41. The third-order valence-corrected chi connectivity index (χ3v) is 3.86. The minimum atomic E-state index is -0.729. The first-order valence-corrected chi connectivity index (χ1v) is 6.84.